The normalized spacial score (nSPS) is 22.6. The molecule has 2 aliphatic heterocycles. The van der Waals surface area contributed by atoms with Crippen molar-refractivity contribution in [2.24, 2.45) is 0 Å². The second-order valence-electron chi connectivity index (χ2n) is 6.34. The molecule has 25 heavy (non-hydrogen) atoms. The van der Waals surface area contributed by atoms with Crippen LogP contribution in [0.4, 0.5) is 5.69 Å². The Balaban J connectivity index is 1.61. The molecule has 2 aromatic carbocycles. The molecule has 2 aliphatic rings. The summed E-state index contributed by atoms with van der Waals surface area (Å²) < 4.78 is 10.6. The lowest BCUT2D eigenvalue weighted by atomic mass is 10.1. The minimum atomic E-state index is -0.145. The molecule has 2 saturated heterocycles. The molecule has 0 aromatic heterocycles. The average Bonchev–Trinajstić information content (AvgIpc) is 3.44. The van der Waals surface area contributed by atoms with Crippen LogP contribution in [0.25, 0.3) is 0 Å². The largest absolute Gasteiger partial charge is 0.497 e. The minimum Gasteiger partial charge on any atom is -0.497 e. The fourth-order valence-corrected chi connectivity index (χ4v) is 3.52. The standard InChI is InChI=1S/C20H22N2O3/c1-24-17-9-7-16(8-10-17)22-18(15-5-3-2-4-6-15)19(22)20(23)21-11-13-25-14-12-21/h2-10,18-19H,11-14H2,1H3/t18-,19+,22?/m0/s1. The van der Waals surface area contributed by atoms with Crippen molar-refractivity contribution in [1.29, 1.82) is 0 Å². The maximum atomic E-state index is 13.1. The topological polar surface area (TPSA) is 41.8 Å². The van der Waals surface area contributed by atoms with Crippen LogP contribution in [0.15, 0.2) is 54.6 Å². The van der Waals surface area contributed by atoms with E-state index in [9.17, 15) is 4.79 Å². The van der Waals surface area contributed by atoms with E-state index in [1.807, 2.05) is 47.4 Å². The Labute approximate surface area is 147 Å². The average molecular weight is 338 g/mol. The number of hydrogen-bond acceptors (Lipinski definition) is 4. The first kappa shape index (κ1) is 16.0. The number of nitrogens with zero attached hydrogens (tertiary/aromatic N) is 2. The molecule has 2 fully saturated rings. The Kier molecular flexibility index (Phi) is 4.32. The van der Waals surface area contributed by atoms with E-state index in [0.717, 1.165) is 11.4 Å². The van der Waals surface area contributed by atoms with E-state index >= 15 is 0 Å². The molecule has 0 spiro atoms. The van der Waals surface area contributed by atoms with Gasteiger partial charge >= 0.3 is 0 Å². The molecule has 0 N–H and O–H groups in total. The van der Waals surface area contributed by atoms with Gasteiger partial charge in [0.1, 0.15) is 11.8 Å². The Bertz CT molecular complexity index is 726. The lowest BCUT2D eigenvalue weighted by Crippen LogP contribution is -2.43. The highest BCUT2D eigenvalue weighted by atomic mass is 16.5. The van der Waals surface area contributed by atoms with Crippen molar-refractivity contribution in [3.8, 4) is 5.75 Å². The van der Waals surface area contributed by atoms with E-state index in [1.54, 1.807) is 7.11 Å². The third-order valence-electron chi connectivity index (χ3n) is 4.90. The van der Waals surface area contributed by atoms with Gasteiger partial charge in [0.05, 0.1) is 26.4 Å². The number of carbonyl (C=O) groups is 1. The van der Waals surface area contributed by atoms with Crippen LogP contribution in [-0.2, 0) is 9.53 Å². The van der Waals surface area contributed by atoms with Crippen LogP contribution in [0.3, 0.4) is 0 Å². The van der Waals surface area contributed by atoms with Crippen molar-refractivity contribution in [2.45, 2.75) is 12.1 Å². The Morgan fingerprint density at radius 1 is 1.04 bits per heavy atom. The van der Waals surface area contributed by atoms with Crippen LogP contribution in [0, 0.1) is 0 Å². The van der Waals surface area contributed by atoms with E-state index < -0.39 is 0 Å². The maximum absolute atomic E-state index is 13.1. The summed E-state index contributed by atoms with van der Waals surface area (Å²) in [6.07, 6.45) is 0. The van der Waals surface area contributed by atoms with Gasteiger partial charge in [-0.05, 0) is 29.8 Å². The predicted molar refractivity (Wildman–Crippen MR) is 95.8 cm³/mol. The molecular weight excluding hydrogens is 316 g/mol. The van der Waals surface area contributed by atoms with E-state index in [1.165, 1.54) is 5.56 Å². The van der Waals surface area contributed by atoms with E-state index in [4.69, 9.17) is 9.47 Å². The number of methoxy groups -OCH3 is 1. The molecule has 5 heteroatoms. The highest BCUT2D eigenvalue weighted by molar-refractivity contribution is 5.93. The lowest BCUT2D eigenvalue weighted by Gasteiger charge is -2.26. The number of amides is 1. The van der Waals surface area contributed by atoms with Gasteiger partial charge in [0, 0.05) is 18.8 Å². The zero-order chi connectivity index (χ0) is 17.2. The highest BCUT2D eigenvalue weighted by Crippen LogP contribution is 2.48. The maximum Gasteiger partial charge on any atom is 0.247 e. The monoisotopic (exact) mass is 338 g/mol. The smallest absolute Gasteiger partial charge is 0.247 e. The molecule has 130 valence electrons. The van der Waals surface area contributed by atoms with Gasteiger partial charge in [0.25, 0.3) is 0 Å². The third-order valence-corrected chi connectivity index (χ3v) is 4.90. The summed E-state index contributed by atoms with van der Waals surface area (Å²) >= 11 is 0. The minimum absolute atomic E-state index is 0.0879. The molecule has 0 saturated carbocycles. The second kappa shape index (κ2) is 6.76. The Morgan fingerprint density at radius 3 is 2.36 bits per heavy atom. The van der Waals surface area contributed by atoms with Gasteiger partial charge in [-0.2, -0.15) is 0 Å². The lowest BCUT2D eigenvalue weighted by molar-refractivity contribution is -0.134. The molecule has 2 aromatic rings. The number of anilines is 1. The fourth-order valence-electron chi connectivity index (χ4n) is 3.52. The van der Waals surface area contributed by atoms with Gasteiger partial charge in [-0.15, -0.1) is 0 Å². The second-order valence-corrected chi connectivity index (χ2v) is 6.34. The van der Waals surface area contributed by atoms with Crippen molar-refractivity contribution in [1.82, 2.24) is 4.90 Å². The van der Waals surface area contributed by atoms with Gasteiger partial charge in [-0.3, -0.25) is 4.79 Å². The Morgan fingerprint density at radius 2 is 1.72 bits per heavy atom. The van der Waals surface area contributed by atoms with Crippen molar-refractivity contribution in [3.63, 3.8) is 0 Å². The van der Waals surface area contributed by atoms with E-state index in [2.05, 4.69) is 17.0 Å². The predicted octanol–water partition coefficient (Wildman–Crippen LogP) is 2.48. The molecule has 5 nitrogen and oxygen atoms in total. The summed E-state index contributed by atoms with van der Waals surface area (Å²) in [7, 11) is 1.66. The highest BCUT2D eigenvalue weighted by Gasteiger charge is 2.54. The zero-order valence-corrected chi connectivity index (χ0v) is 14.3. The molecule has 0 unspecified atom stereocenters. The first-order chi connectivity index (χ1) is 12.3. The summed E-state index contributed by atoms with van der Waals surface area (Å²) in [5.41, 5.74) is 2.21. The zero-order valence-electron chi connectivity index (χ0n) is 14.3. The Hall–Kier alpha value is -2.53. The van der Waals surface area contributed by atoms with Crippen molar-refractivity contribution in [3.05, 3.63) is 60.2 Å². The van der Waals surface area contributed by atoms with Crippen LogP contribution in [0.1, 0.15) is 11.6 Å². The summed E-state index contributed by atoms with van der Waals surface area (Å²) in [4.78, 5) is 17.2. The fraction of sp³-hybridized carbons (Fsp3) is 0.350. The van der Waals surface area contributed by atoms with Crippen LogP contribution in [0.5, 0.6) is 5.75 Å². The van der Waals surface area contributed by atoms with E-state index in [0.29, 0.717) is 26.3 Å². The van der Waals surface area contributed by atoms with Gasteiger partial charge < -0.3 is 19.3 Å². The summed E-state index contributed by atoms with van der Waals surface area (Å²) in [6.45, 7) is 2.59. The molecule has 0 radical (unpaired) electrons. The number of hydrogen-bond donors (Lipinski definition) is 0. The molecule has 0 aliphatic carbocycles. The molecule has 0 bridgehead atoms. The van der Waals surface area contributed by atoms with Crippen LogP contribution in [-0.4, -0.2) is 50.3 Å². The SMILES string of the molecule is COc1ccc(N2[C@@H](C(=O)N3CCOCC3)[C@@H]2c2ccccc2)cc1. The molecule has 1 amide bonds. The van der Waals surface area contributed by atoms with Gasteiger partial charge in [-0.25, -0.2) is 0 Å². The molecule has 2 atom stereocenters. The number of carbonyl (C=O) groups excluding carboxylic acids is 1. The number of ether oxygens (including phenoxy) is 2. The number of rotatable bonds is 4. The first-order valence-corrected chi connectivity index (χ1v) is 8.63. The van der Waals surface area contributed by atoms with Crippen molar-refractivity contribution < 1.29 is 14.3 Å². The molecule has 2 heterocycles. The summed E-state index contributed by atoms with van der Waals surface area (Å²) in [5, 5.41) is 0. The van der Waals surface area contributed by atoms with Crippen molar-refractivity contribution >= 4 is 11.6 Å². The van der Waals surface area contributed by atoms with Crippen LogP contribution >= 0.6 is 0 Å². The van der Waals surface area contributed by atoms with Crippen molar-refractivity contribution in [2.75, 3.05) is 38.3 Å². The summed E-state index contributed by atoms with van der Waals surface area (Å²) in [5.74, 6) is 1.01. The van der Waals surface area contributed by atoms with Gasteiger partial charge in [0.2, 0.25) is 5.91 Å². The quantitative estimate of drug-likeness (QED) is 0.803. The van der Waals surface area contributed by atoms with E-state index in [-0.39, 0.29) is 18.0 Å². The molecule has 4 rings (SSSR count). The number of morpholine rings is 1. The first-order valence-electron chi connectivity index (χ1n) is 8.63. The number of benzene rings is 2. The van der Waals surface area contributed by atoms with Gasteiger partial charge in [-0.1, -0.05) is 30.3 Å². The third kappa shape index (κ3) is 3.07. The molecular formula is C20H22N2O3. The van der Waals surface area contributed by atoms with Gasteiger partial charge in [0.15, 0.2) is 0 Å². The van der Waals surface area contributed by atoms with Crippen LogP contribution < -0.4 is 9.64 Å². The van der Waals surface area contributed by atoms with Crippen LogP contribution in [0.2, 0.25) is 0 Å². The summed E-state index contributed by atoms with van der Waals surface area (Å²) in [6, 6.07) is 18.1.